The predicted octanol–water partition coefficient (Wildman–Crippen LogP) is 21.2. The molecule has 7 atom stereocenters. The van der Waals surface area contributed by atoms with Gasteiger partial charge in [-0.15, -0.1) is 0 Å². The number of phosphoric ester groups is 2. The van der Waals surface area contributed by atoms with Crippen LogP contribution in [-0.2, 0) is 65.4 Å². The summed E-state index contributed by atoms with van der Waals surface area (Å²) in [5.41, 5.74) is 0. The lowest BCUT2D eigenvalue weighted by molar-refractivity contribution is -0.161. The van der Waals surface area contributed by atoms with Crippen LogP contribution in [0.2, 0.25) is 0 Å². The number of carbonyl (C=O) groups is 4. The van der Waals surface area contributed by atoms with Crippen LogP contribution in [0.5, 0.6) is 0 Å². The minimum Gasteiger partial charge on any atom is -0.462 e. The van der Waals surface area contributed by atoms with Crippen LogP contribution < -0.4 is 0 Å². The van der Waals surface area contributed by atoms with E-state index in [4.69, 9.17) is 37.0 Å². The Labute approximate surface area is 562 Å². The van der Waals surface area contributed by atoms with Crippen molar-refractivity contribution in [3.63, 3.8) is 0 Å². The van der Waals surface area contributed by atoms with Gasteiger partial charge in [-0.25, -0.2) is 9.13 Å². The molecule has 3 N–H and O–H groups in total. The normalized spacial score (nSPS) is 14.7. The second-order valence-corrected chi connectivity index (χ2v) is 29.7. The van der Waals surface area contributed by atoms with Gasteiger partial charge in [0.25, 0.3) is 0 Å². The molecule has 19 heteroatoms. The highest BCUT2D eigenvalue weighted by Gasteiger charge is 2.30. The predicted molar refractivity (Wildman–Crippen MR) is 372 cm³/mol. The number of rotatable bonds is 72. The zero-order chi connectivity index (χ0) is 67.9. The highest BCUT2D eigenvalue weighted by molar-refractivity contribution is 7.47. The number of phosphoric acid groups is 2. The summed E-state index contributed by atoms with van der Waals surface area (Å²) in [4.78, 5) is 72.7. The summed E-state index contributed by atoms with van der Waals surface area (Å²) in [5.74, 6) is -0.496. The quantitative estimate of drug-likeness (QED) is 0.0222. The lowest BCUT2D eigenvalue weighted by atomic mass is 9.99. The first-order valence-corrected chi connectivity index (χ1v) is 41.1. The van der Waals surface area contributed by atoms with Crippen LogP contribution in [0.15, 0.2) is 0 Å². The Morgan fingerprint density at radius 2 is 0.522 bits per heavy atom. The van der Waals surface area contributed by atoms with Crippen LogP contribution in [0, 0.1) is 11.8 Å². The van der Waals surface area contributed by atoms with Crippen molar-refractivity contribution in [3.05, 3.63) is 0 Å². The first-order chi connectivity index (χ1) is 44.4. The smallest absolute Gasteiger partial charge is 0.462 e. The molecule has 0 saturated carbocycles. The van der Waals surface area contributed by atoms with E-state index < -0.39 is 97.5 Å². The van der Waals surface area contributed by atoms with Gasteiger partial charge in [0.1, 0.15) is 19.3 Å². The largest absolute Gasteiger partial charge is 0.472 e. The fourth-order valence-corrected chi connectivity index (χ4v) is 12.6. The number of ether oxygens (including phenoxy) is 4. The van der Waals surface area contributed by atoms with Crippen molar-refractivity contribution in [3.8, 4) is 0 Å². The Morgan fingerprint density at radius 1 is 0.304 bits per heavy atom. The molecule has 0 aromatic rings. The monoisotopic (exact) mass is 1350 g/mol. The van der Waals surface area contributed by atoms with Crippen molar-refractivity contribution in [2.24, 2.45) is 11.8 Å². The molecular formula is C73H142O17P2. The van der Waals surface area contributed by atoms with E-state index in [9.17, 15) is 43.2 Å². The summed E-state index contributed by atoms with van der Waals surface area (Å²) in [5, 5.41) is 10.6. The van der Waals surface area contributed by atoms with E-state index in [0.717, 1.165) is 102 Å². The summed E-state index contributed by atoms with van der Waals surface area (Å²) in [6.45, 7) is 9.62. The molecule has 0 rings (SSSR count). The summed E-state index contributed by atoms with van der Waals surface area (Å²) >= 11 is 0. The summed E-state index contributed by atoms with van der Waals surface area (Å²) in [6, 6.07) is 0. The Morgan fingerprint density at radius 3 is 0.772 bits per heavy atom. The lowest BCUT2D eigenvalue weighted by Gasteiger charge is -2.21. The molecule has 0 radical (unpaired) electrons. The summed E-state index contributed by atoms with van der Waals surface area (Å²) in [7, 11) is -9.90. The fraction of sp³-hybridized carbons (Fsp3) is 0.945. The maximum atomic E-state index is 13.1. The van der Waals surface area contributed by atoms with E-state index in [1.165, 1.54) is 193 Å². The van der Waals surface area contributed by atoms with Crippen molar-refractivity contribution in [2.75, 3.05) is 39.6 Å². The molecule has 0 aliphatic heterocycles. The van der Waals surface area contributed by atoms with Crippen molar-refractivity contribution in [1.29, 1.82) is 0 Å². The maximum Gasteiger partial charge on any atom is 0.472 e. The first kappa shape index (κ1) is 90.1. The minimum atomic E-state index is -4.95. The molecule has 0 bridgehead atoms. The van der Waals surface area contributed by atoms with Crippen molar-refractivity contribution >= 4 is 39.5 Å². The van der Waals surface area contributed by atoms with E-state index in [1.54, 1.807) is 0 Å². The highest BCUT2D eigenvalue weighted by atomic mass is 31.2. The highest BCUT2D eigenvalue weighted by Crippen LogP contribution is 2.45. The molecule has 4 unspecified atom stereocenters. The third kappa shape index (κ3) is 64.1. The van der Waals surface area contributed by atoms with Gasteiger partial charge in [-0.3, -0.25) is 37.3 Å². The molecule has 0 fully saturated rings. The number of unbranched alkanes of at least 4 members (excludes halogenated alkanes) is 40. The summed E-state index contributed by atoms with van der Waals surface area (Å²) < 4.78 is 68.4. The molecule has 546 valence electrons. The van der Waals surface area contributed by atoms with E-state index in [2.05, 4.69) is 41.5 Å². The van der Waals surface area contributed by atoms with Gasteiger partial charge >= 0.3 is 39.5 Å². The van der Waals surface area contributed by atoms with Crippen molar-refractivity contribution in [1.82, 2.24) is 0 Å². The number of hydrogen-bond acceptors (Lipinski definition) is 15. The topological polar surface area (TPSA) is 237 Å². The van der Waals surface area contributed by atoms with Gasteiger partial charge < -0.3 is 33.8 Å². The molecule has 0 aliphatic rings. The van der Waals surface area contributed by atoms with Gasteiger partial charge in [-0.2, -0.15) is 0 Å². The summed E-state index contributed by atoms with van der Waals surface area (Å²) in [6.07, 6.45) is 51.1. The van der Waals surface area contributed by atoms with Crippen LogP contribution in [0.3, 0.4) is 0 Å². The van der Waals surface area contributed by atoms with E-state index in [1.807, 2.05) is 0 Å². The molecular weight excluding hydrogens is 1210 g/mol. The van der Waals surface area contributed by atoms with Gasteiger partial charge in [0, 0.05) is 25.7 Å². The number of hydrogen-bond donors (Lipinski definition) is 3. The lowest BCUT2D eigenvalue weighted by Crippen LogP contribution is -2.30. The van der Waals surface area contributed by atoms with Crippen LogP contribution in [0.1, 0.15) is 375 Å². The number of carbonyl (C=O) groups excluding carboxylic acids is 4. The molecule has 17 nitrogen and oxygen atoms in total. The van der Waals surface area contributed by atoms with Crippen LogP contribution in [0.4, 0.5) is 0 Å². The molecule has 0 aromatic heterocycles. The molecule has 0 aliphatic carbocycles. The Bertz CT molecular complexity index is 1790. The molecule has 0 heterocycles. The van der Waals surface area contributed by atoms with Crippen molar-refractivity contribution < 1.29 is 80.2 Å². The maximum absolute atomic E-state index is 13.1. The van der Waals surface area contributed by atoms with Gasteiger partial charge in [-0.1, -0.05) is 324 Å². The zero-order valence-electron chi connectivity index (χ0n) is 59.9. The average Bonchev–Trinajstić information content (AvgIpc) is 1.80. The Kier molecular flexibility index (Phi) is 63.7. The van der Waals surface area contributed by atoms with Gasteiger partial charge in [-0.05, 0) is 37.5 Å². The minimum absolute atomic E-state index is 0.107. The third-order valence-corrected chi connectivity index (χ3v) is 19.6. The van der Waals surface area contributed by atoms with E-state index in [0.29, 0.717) is 25.7 Å². The Balaban J connectivity index is 5.24. The fourth-order valence-electron chi connectivity index (χ4n) is 11.1. The number of esters is 4. The number of aliphatic hydroxyl groups excluding tert-OH is 1. The van der Waals surface area contributed by atoms with E-state index >= 15 is 0 Å². The van der Waals surface area contributed by atoms with Crippen LogP contribution in [0.25, 0.3) is 0 Å². The molecule has 92 heavy (non-hydrogen) atoms. The molecule has 0 spiro atoms. The first-order valence-electron chi connectivity index (χ1n) is 38.1. The molecule has 0 amide bonds. The Hall–Kier alpha value is -1.94. The van der Waals surface area contributed by atoms with Gasteiger partial charge in [0.2, 0.25) is 0 Å². The third-order valence-electron chi connectivity index (χ3n) is 17.7. The second kappa shape index (κ2) is 65.0. The van der Waals surface area contributed by atoms with E-state index in [-0.39, 0.29) is 25.7 Å². The number of aliphatic hydroxyl groups is 1. The zero-order valence-corrected chi connectivity index (χ0v) is 61.6. The molecule has 0 saturated heterocycles. The van der Waals surface area contributed by atoms with Crippen molar-refractivity contribution in [2.45, 2.75) is 394 Å². The van der Waals surface area contributed by atoms with Gasteiger partial charge in [0.15, 0.2) is 12.2 Å². The second-order valence-electron chi connectivity index (χ2n) is 26.8. The standard InChI is InChI=1S/C73H142O17P2/c1-7-11-13-15-17-19-21-27-31-39-45-51-57-72(77)89-68(61-83-70(75)55-49-43-37-30-20-18-16-14-12-8-2)63-87-91(79,80)85-59-67(74)60-86-92(81,82)88-64-69(62-84-71(76)56-50-44-38-34-33-36-42-48-54-66(6)10-4)90-73(78)58-52-46-40-32-28-25-23-22-24-26-29-35-41-47-53-65(5)9-3/h65-69,74H,7-64H2,1-6H3,(H,79,80)(H,81,82)/t65?,66?,67-,68+,69+/m0/s1. The van der Waals surface area contributed by atoms with Gasteiger partial charge in [0.05, 0.1) is 26.4 Å². The average molecular weight is 1350 g/mol. The van der Waals surface area contributed by atoms with Crippen LogP contribution in [-0.4, -0.2) is 96.7 Å². The van der Waals surface area contributed by atoms with Crippen LogP contribution >= 0.6 is 15.6 Å². The SMILES string of the molecule is CCCCCCCCCCCCCCC(=O)O[C@H](COC(=O)CCCCCCCCCCCC)COP(=O)(O)OC[C@H](O)COP(=O)(O)OC[C@@H](COC(=O)CCCCCCCCCCC(C)CC)OC(=O)CCCCCCCCCCCCCCCCC(C)CC. The molecule has 0 aromatic carbocycles.